The molecule has 2 heterocycles. The van der Waals surface area contributed by atoms with Crippen LogP contribution in [-0.4, -0.2) is 92.0 Å². The van der Waals surface area contributed by atoms with Gasteiger partial charge in [0.05, 0.1) is 25.1 Å². The molecule has 38 heavy (non-hydrogen) atoms. The molecule has 0 radical (unpaired) electrons. The molecule has 10 nitrogen and oxygen atoms in total. The minimum atomic E-state index is -0.884. The number of ether oxygens (including phenoxy) is 1. The molecule has 0 bridgehead atoms. The van der Waals surface area contributed by atoms with E-state index in [0.717, 1.165) is 18.8 Å². The van der Waals surface area contributed by atoms with Crippen molar-refractivity contribution < 1.29 is 23.9 Å². The first-order valence-corrected chi connectivity index (χ1v) is 13.1. The molecule has 0 spiro atoms. The van der Waals surface area contributed by atoms with E-state index in [-0.39, 0.29) is 31.4 Å². The molecule has 2 N–H and O–H groups in total. The van der Waals surface area contributed by atoms with E-state index < -0.39 is 17.9 Å². The largest absolute Gasteiger partial charge is 0.462 e. The van der Waals surface area contributed by atoms with Gasteiger partial charge in [-0.25, -0.2) is 4.79 Å². The molecule has 3 amide bonds. The summed E-state index contributed by atoms with van der Waals surface area (Å²) in [7, 11) is 0. The van der Waals surface area contributed by atoms with Gasteiger partial charge < -0.3 is 25.2 Å². The SMILES string of the molecule is CCOC(=O)c1ccc(NC(=O)C[C@@H]2C(=O)NCCN2C(=O)CN2CCN(c3ccc(Cl)cc3)CC2)cc1. The van der Waals surface area contributed by atoms with Crippen molar-refractivity contribution in [3.63, 3.8) is 0 Å². The minimum absolute atomic E-state index is 0.165. The van der Waals surface area contributed by atoms with Crippen LogP contribution in [0, 0.1) is 0 Å². The van der Waals surface area contributed by atoms with E-state index in [2.05, 4.69) is 20.4 Å². The van der Waals surface area contributed by atoms with Crippen LogP contribution in [0.3, 0.4) is 0 Å². The number of benzene rings is 2. The van der Waals surface area contributed by atoms with Crippen LogP contribution < -0.4 is 15.5 Å². The van der Waals surface area contributed by atoms with Crippen LogP contribution in [0.25, 0.3) is 0 Å². The molecule has 1 atom stereocenters. The zero-order chi connectivity index (χ0) is 27.1. The summed E-state index contributed by atoms with van der Waals surface area (Å²) < 4.78 is 4.96. The van der Waals surface area contributed by atoms with Crippen LogP contribution in [0.15, 0.2) is 48.5 Å². The van der Waals surface area contributed by atoms with Crippen molar-refractivity contribution in [3.05, 3.63) is 59.1 Å². The third kappa shape index (κ3) is 7.02. The quantitative estimate of drug-likeness (QED) is 0.492. The number of nitrogens with one attached hydrogen (secondary N) is 2. The summed E-state index contributed by atoms with van der Waals surface area (Å²) in [6.07, 6.45) is -0.165. The van der Waals surface area contributed by atoms with E-state index in [1.165, 1.54) is 4.90 Å². The molecular weight excluding hydrogens is 510 g/mol. The molecule has 2 fully saturated rings. The Balaban J connectivity index is 1.30. The highest BCUT2D eigenvalue weighted by Gasteiger charge is 2.35. The summed E-state index contributed by atoms with van der Waals surface area (Å²) in [6.45, 7) is 5.86. The van der Waals surface area contributed by atoms with Gasteiger partial charge in [-0.2, -0.15) is 0 Å². The Morgan fingerprint density at radius 2 is 1.68 bits per heavy atom. The molecule has 2 aromatic carbocycles. The number of carbonyl (C=O) groups excluding carboxylic acids is 4. The number of nitrogens with zero attached hydrogens (tertiary/aromatic N) is 3. The second kappa shape index (κ2) is 12.7. The lowest BCUT2D eigenvalue weighted by molar-refractivity contribution is -0.145. The van der Waals surface area contributed by atoms with Crippen molar-refractivity contribution in [3.8, 4) is 0 Å². The number of anilines is 2. The van der Waals surface area contributed by atoms with Crippen LogP contribution in [0.5, 0.6) is 0 Å². The first-order chi connectivity index (χ1) is 18.3. The molecule has 11 heteroatoms. The molecule has 2 saturated heterocycles. The van der Waals surface area contributed by atoms with Gasteiger partial charge in [0.2, 0.25) is 17.7 Å². The minimum Gasteiger partial charge on any atom is -0.462 e. The summed E-state index contributed by atoms with van der Waals surface area (Å²) in [5, 5.41) is 6.19. The molecule has 202 valence electrons. The maximum atomic E-state index is 13.2. The predicted molar refractivity (Wildman–Crippen MR) is 144 cm³/mol. The number of amides is 3. The second-order valence-corrected chi connectivity index (χ2v) is 9.62. The Morgan fingerprint density at radius 3 is 2.34 bits per heavy atom. The predicted octanol–water partition coefficient (Wildman–Crippen LogP) is 1.99. The third-order valence-electron chi connectivity index (χ3n) is 6.63. The summed E-state index contributed by atoms with van der Waals surface area (Å²) in [6, 6.07) is 13.1. The highest BCUT2D eigenvalue weighted by atomic mass is 35.5. The van der Waals surface area contributed by atoms with E-state index in [1.54, 1.807) is 31.2 Å². The second-order valence-electron chi connectivity index (χ2n) is 9.18. The molecule has 0 aliphatic carbocycles. The van der Waals surface area contributed by atoms with E-state index in [9.17, 15) is 19.2 Å². The molecule has 2 aliphatic rings. The third-order valence-corrected chi connectivity index (χ3v) is 6.88. The first-order valence-electron chi connectivity index (χ1n) is 12.7. The molecule has 4 rings (SSSR count). The van der Waals surface area contributed by atoms with Crippen molar-refractivity contribution in [1.29, 1.82) is 0 Å². The lowest BCUT2D eigenvalue weighted by Gasteiger charge is -2.39. The lowest BCUT2D eigenvalue weighted by atomic mass is 10.1. The van der Waals surface area contributed by atoms with Crippen LogP contribution in [0.2, 0.25) is 5.02 Å². The van der Waals surface area contributed by atoms with E-state index >= 15 is 0 Å². The van der Waals surface area contributed by atoms with Gasteiger partial charge in [0.15, 0.2) is 0 Å². The fourth-order valence-corrected chi connectivity index (χ4v) is 4.73. The van der Waals surface area contributed by atoms with Crippen molar-refractivity contribution in [2.24, 2.45) is 0 Å². The molecule has 2 aliphatic heterocycles. The van der Waals surface area contributed by atoms with Crippen molar-refractivity contribution >= 4 is 46.7 Å². The maximum absolute atomic E-state index is 13.2. The van der Waals surface area contributed by atoms with E-state index in [1.807, 2.05) is 24.3 Å². The van der Waals surface area contributed by atoms with Gasteiger partial charge in [0.25, 0.3) is 0 Å². The van der Waals surface area contributed by atoms with Crippen LogP contribution in [0.4, 0.5) is 11.4 Å². The highest BCUT2D eigenvalue weighted by molar-refractivity contribution is 6.30. The van der Waals surface area contributed by atoms with E-state index in [0.29, 0.717) is 42.5 Å². The number of esters is 1. The molecule has 2 aromatic rings. The normalized spacial score (nSPS) is 18.1. The molecule has 0 aromatic heterocycles. The van der Waals surface area contributed by atoms with Gasteiger partial charge in [0.1, 0.15) is 6.04 Å². The number of rotatable bonds is 8. The fourth-order valence-electron chi connectivity index (χ4n) is 4.61. The van der Waals surface area contributed by atoms with Crippen molar-refractivity contribution in [1.82, 2.24) is 15.1 Å². The summed E-state index contributed by atoms with van der Waals surface area (Å²) in [5.41, 5.74) is 1.95. The molecule has 0 saturated carbocycles. The average molecular weight is 542 g/mol. The van der Waals surface area contributed by atoms with Crippen LogP contribution in [-0.2, 0) is 19.1 Å². The number of carbonyl (C=O) groups is 4. The lowest BCUT2D eigenvalue weighted by Crippen LogP contribution is -2.60. The van der Waals surface area contributed by atoms with Gasteiger partial charge in [-0.15, -0.1) is 0 Å². The first kappa shape index (κ1) is 27.4. The monoisotopic (exact) mass is 541 g/mol. The Bertz CT molecular complexity index is 1150. The van der Waals surface area contributed by atoms with Crippen LogP contribution >= 0.6 is 11.6 Å². The number of piperazine rings is 2. The Kier molecular flexibility index (Phi) is 9.19. The number of halogens is 1. The number of hydrogen-bond donors (Lipinski definition) is 2. The average Bonchev–Trinajstić information content (AvgIpc) is 2.91. The standard InChI is InChI=1S/C27H32ClN5O5/c1-2-38-27(37)19-3-7-21(8-4-19)30-24(34)17-23-26(36)29-11-12-33(23)25(35)18-31-13-15-32(16-14-31)22-9-5-20(28)6-10-22/h3-10,23H,2,11-18H2,1H3,(H,29,36)(H,30,34)/t23-/m1/s1. The Labute approximate surface area is 226 Å². The molecule has 0 unspecified atom stereocenters. The van der Waals surface area contributed by atoms with Gasteiger partial charge >= 0.3 is 5.97 Å². The zero-order valence-electron chi connectivity index (χ0n) is 21.3. The number of hydrogen-bond acceptors (Lipinski definition) is 7. The Hall–Kier alpha value is -3.63. The van der Waals surface area contributed by atoms with E-state index in [4.69, 9.17) is 16.3 Å². The van der Waals surface area contributed by atoms with Gasteiger partial charge in [-0.3, -0.25) is 19.3 Å². The Morgan fingerprint density at radius 1 is 1.00 bits per heavy atom. The summed E-state index contributed by atoms with van der Waals surface area (Å²) in [4.78, 5) is 56.2. The zero-order valence-corrected chi connectivity index (χ0v) is 22.1. The van der Waals surface area contributed by atoms with Gasteiger partial charge in [0, 0.05) is 55.7 Å². The smallest absolute Gasteiger partial charge is 0.338 e. The maximum Gasteiger partial charge on any atom is 0.338 e. The van der Waals surface area contributed by atoms with Crippen molar-refractivity contribution in [2.75, 3.05) is 62.6 Å². The van der Waals surface area contributed by atoms with Gasteiger partial charge in [-0.1, -0.05) is 11.6 Å². The summed E-state index contributed by atoms with van der Waals surface area (Å²) >= 11 is 5.99. The fraction of sp³-hybridized carbons (Fsp3) is 0.407. The van der Waals surface area contributed by atoms with Crippen molar-refractivity contribution in [2.45, 2.75) is 19.4 Å². The summed E-state index contributed by atoms with van der Waals surface area (Å²) in [5.74, 6) is -1.35. The molecular formula is C27H32ClN5O5. The van der Waals surface area contributed by atoms with Crippen LogP contribution in [0.1, 0.15) is 23.7 Å². The highest BCUT2D eigenvalue weighted by Crippen LogP contribution is 2.20. The van der Waals surface area contributed by atoms with Gasteiger partial charge in [-0.05, 0) is 55.5 Å². The topological polar surface area (TPSA) is 111 Å².